The van der Waals surface area contributed by atoms with E-state index < -0.39 is 0 Å². The van der Waals surface area contributed by atoms with Gasteiger partial charge in [-0.25, -0.2) is 0 Å². The van der Waals surface area contributed by atoms with Crippen LogP contribution < -0.4 is 5.73 Å². The topological polar surface area (TPSA) is 49.6 Å². The number of carbonyl (C=O) groups excluding carboxylic acids is 1. The first-order valence-electron chi connectivity index (χ1n) is 7.19. The third-order valence-electron chi connectivity index (χ3n) is 3.70. The standard InChI is InChI=1S/C14H29N3O.ClH/c1-11(2)17(12(3)4)14(18)10-16-7-5-6-13(8-15)9-16;/h11-13H,5-10,15H2,1-4H3;1H. The second kappa shape index (κ2) is 8.77. The van der Waals surface area contributed by atoms with E-state index in [4.69, 9.17) is 5.73 Å². The van der Waals surface area contributed by atoms with Crippen LogP contribution in [0.15, 0.2) is 0 Å². The minimum atomic E-state index is 0. The predicted octanol–water partition coefficient (Wildman–Crippen LogP) is 1.72. The van der Waals surface area contributed by atoms with Gasteiger partial charge in [0, 0.05) is 18.6 Å². The van der Waals surface area contributed by atoms with Gasteiger partial charge in [-0.3, -0.25) is 9.69 Å². The van der Waals surface area contributed by atoms with Gasteiger partial charge in [0.05, 0.1) is 6.54 Å². The predicted molar refractivity (Wildman–Crippen MR) is 82.6 cm³/mol. The Kier molecular flexibility index (Phi) is 8.62. The van der Waals surface area contributed by atoms with Crippen molar-refractivity contribution in [2.45, 2.75) is 52.6 Å². The Balaban J connectivity index is 0.00000324. The molecule has 4 nitrogen and oxygen atoms in total. The van der Waals surface area contributed by atoms with Gasteiger partial charge in [-0.05, 0) is 59.5 Å². The monoisotopic (exact) mass is 291 g/mol. The fraction of sp³-hybridized carbons (Fsp3) is 0.929. The average molecular weight is 292 g/mol. The molecule has 0 saturated carbocycles. The molecule has 0 aromatic heterocycles. The number of likely N-dealkylation sites (tertiary alicyclic amines) is 1. The molecule has 1 unspecified atom stereocenters. The van der Waals surface area contributed by atoms with E-state index in [-0.39, 0.29) is 30.4 Å². The van der Waals surface area contributed by atoms with Gasteiger partial charge in [-0.15, -0.1) is 12.4 Å². The summed E-state index contributed by atoms with van der Waals surface area (Å²) in [6.45, 7) is 11.6. The van der Waals surface area contributed by atoms with Gasteiger partial charge in [0.25, 0.3) is 0 Å². The second-order valence-electron chi connectivity index (χ2n) is 5.97. The molecule has 2 N–H and O–H groups in total. The van der Waals surface area contributed by atoms with Crippen LogP contribution in [0.5, 0.6) is 0 Å². The van der Waals surface area contributed by atoms with Crippen molar-refractivity contribution in [1.29, 1.82) is 0 Å². The van der Waals surface area contributed by atoms with E-state index in [1.54, 1.807) is 0 Å². The fourth-order valence-corrected chi connectivity index (χ4v) is 2.93. The van der Waals surface area contributed by atoms with Gasteiger partial charge < -0.3 is 10.6 Å². The lowest BCUT2D eigenvalue weighted by molar-refractivity contribution is -0.136. The lowest BCUT2D eigenvalue weighted by Crippen LogP contribution is -2.49. The molecule has 1 fully saturated rings. The quantitative estimate of drug-likeness (QED) is 0.839. The van der Waals surface area contributed by atoms with Crippen LogP contribution in [0.4, 0.5) is 0 Å². The molecule has 19 heavy (non-hydrogen) atoms. The summed E-state index contributed by atoms with van der Waals surface area (Å²) in [5.74, 6) is 0.816. The van der Waals surface area contributed by atoms with Crippen LogP contribution in [-0.2, 0) is 4.79 Å². The highest BCUT2D eigenvalue weighted by Crippen LogP contribution is 2.16. The molecular weight excluding hydrogens is 262 g/mol. The first-order chi connectivity index (χ1) is 8.45. The molecule has 1 atom stereocenters. The first-order valence-corrected chi connectivity index (χ1v) is 7.19. The lowest BCUT2D eigenvalue weighted by atomic mass is 9.98. The van der Waals surface area contributed by atoms with Crippen molar-refractivity contribution >= 4 is 18.3 Å². The summed E-state index contributed by atoms with van der Waals surface area (Å²) in [5, 5.41) is 0. The maximum absolute atomic E-state index is 12.3. The SMILES string of the molecule is CC(C)N(C(=O)CN1CCCC(CN)C1)C(C)C.Cl. The Morgan fingerprint density at radius 3 is 2.37 bits per heavy atom. The molecule has 1 rings (SSSR count). The number of hydrogen-bond acceptors (Lipinski definition) is 3. The number of nitrogens with zero attached hydrogens (tertiary/aromatic N) is 2. The van der Waals surface area contributed by atoms with Crippen molar-refractivity contribution in [3.8, 4) is 0 Å². The van der Waals surface area contributed by atoms with Crippen LogP contribution in [0.3, 0.4) is 0 Å². The molecule has 0 aliphatic carbocycles. The van der Waals surface area contributed by atoms with E-state index in [2.05, 4.69) is 32.6 Å². The number of amides is 1. The van der Waals surface area contributed by atoms with Crippen LogP contribution >= 0.6 is 12.4 Å². The zero-order valence-corrected chi connectivity index (χ0v) is 13.6. The first kappa shape index (κ1) is 18.7. The highest BCUT2D eigenvalue weighted by molar-refractivity contribution is 5.85. The minimum absolute atomic E-state index is 0. The van der Waals surface area contributed by atoms with E-state index in [0.717, 1.165) is 19.6 Å². The van der Waals surface area contributed by atoms with Crippen molar-refractivity contribution < 1.29 is 4.79 Å². The maximum atomic E-state index is 12.3. The average Bonchev–Trinajstić information content (AvgIpc) is 2.28. The highest BCUT2D eigenvalue weighted by Gasteiger charge is 2.25. The van der Waals surface area contributed by atoms with Crippen molar-refractivity contribution in [2.75, 3.05) is 26.2 Å². The third-order valence-corrected chi connectivity index (χ3v) is 3.70. The summed E-state index contributed by atoms with van der Waals surface area (Å²) in [5.41, 5.74) is 5.73. The fourth-order valence-electron chi connectivity index (χ4n) is 2.93. The molecule has 1 aliphatic heterocycles. The van der Waals surface area contributed by atoms with Gasteiger partial charge in [0.2, 0.25) is 5.91 Å². The molecule has 0 bridgehead atoms. The molecule has 114 valence electrons. The molecule has 1 amide bonds. The number of hydrogen-bond donors (Lipinski definition) is 1. The number of rotatable bonds is 5. The Hall–Kier alpha value is -0.320. The zero-order valence-electron chi connectivity index (χ0n) is 12.8. The molecule has 0 aromatic carbocycles. The molecular formula is C14H30ClN3O. The molecule has 0 spiro atoms. The summed E-state index contributed by atoms with van der Waals surface area (Å²) >= 11 is 0. The van der Waals surface area contributed by atoms with Crippen LogP contribution in [0.25, 0.3) is 0 Å². The molecule has 1 aliphatic rings. The van der Waals surface area contributed by atoms with Crippen molar-refractivity contribution in [1.82, 2.24) is 9.80 Å². The van der Waals surface area contributed by atoms with E-state index in [1.807, 2.05) is 4.90 Å². The molecule has 5 heteroatoms. The van der Waals surface area contributed by atoms with Gasteiger partial charge in [-0.1, -0.05) is 0 Å². The maximum Gasteiger partial charge on any atom is 0.237 e. The Labute approximate surface area is 124 Å². The molecule has 1 saturated heterocycles. The molecule has 0 aromatic rings. The van der Waals surface area contributed by atoms with Gasteiger partial charge >= 0.3 is 0 Å². The number of nitrogens with two attached hydrogens (primary N) is 1. The summed E-state index contributed by atoms with van der Waals surface area (Å²) in [6.07, 6.45) is 2.37. The summed E-state index contributed by atoms with van der Waals surface area (Å²) in [6, 6.07) is 0.542. The van der Waals surface area contributed by atoms with Crippen molar-refractivity contribution in [2.24, 2.45) is 11.7 Å². The van der Waals surface area contributed by atoms with Crippen molar-refractivity contribution in [3.63, 3.8) is 0 Å². The Morgan fingerprint density at radius 2 is 1.89 bits per heavy atom. The van der Waals surface area contributed by atoms with Gasteiger partial charge in [0.1, 0.15) is 0 Å². The Morgan fingerprint density at radius 1 is 1.32 bits per heavy atom. The van der Waals surface area contributed by atoms with Crippen LogP contribution in [0.2, 0.25) is 0 Å². The van der Waals surface area contributed by atoms with Crippen LogP contribution in [0, 0.1) is 5.92 Å². The second-order valence-corrected chi connectivity index (χ2v) is 5.97. The number of piperidine rings is 1. The Bertz CT molecular complexity index is 263. The zero-order chi connectivity index (χ0) is 13.7. The van der Waals surface area contributed by atoms with Crippen molar-refractivity contribution in [3.05, 3.63) is 0 Å². The van der Waals surface area contributed by atoms with E-state index in [1.165, 1.54) is 12.8 Å². The molecule has 0 radical (unpaired) electrons. The third kappa shape index (κ3) is 5.67. The minimum Gasteiger partial charge on any atom is -0.337 e. The van der Waals surface area contributed by atoms with Crippen LogP contribution in [-0.4, -0.2) is 54.0 Å². The van der Waals surface area contributed by atoms with E-state index >= 15 is 0 Å². The summed E-state index contributed by atoms with van der Waals surface area (Å²) in [7, 11) is 0. The summed E-state index contributed by atoms with van der Waals surface area (Å²) < 4.78 is 0. The van der Waals surface area contributed by atoms with Crippen LogP contribution in [0.1, 0.15) is 40.5 Å². The largest absolute Gasteiger partial charge is 0.337 e. The number of carbonyl (C=O) groups is 1. The smallest absolute Gasteiger partial charge is 0.237 e. The normalized spacial score (nSPS) is 20.5. The lowest BCUT2D eigenvalue weighted by Gasteiger charge is -2.36. The molecule has 1 heterocycles. The summed E-state index contributed by atoms with van der Waals surface area (Å²) in [4.78, 5) is 16.6. The number of halogens is 1. The van der Waals surface area contributed by atoms with E-state index in [9.17, 15) is 4.79 Å². The van der Waals surface area contributed by atoms with E-state index in [0.29, 0.717) is 12.5 Å². The van der Waals surface area contributed by atoms with Gasteiger partial charge in [0.15, 0.2) is 0 Å². The highest BCUT2D eigenvalue weighted by atomic mass is 35.5. The van der Waals surface area contributed by atoms with Gasteiger partial charge in [-0.2, -0.15) is 0 Å².